The maximum atomic E-state index is 12.4. The van der Waals surface area contributed by atoms with Gasteiger partial charge in [-0.25, -0.2) is 0 Å². The van der Waals surface area contributed by atoms with Gasteiger partial charge < -0.3 is 10.4 Å². The molecule has 1 amide bonds. The first kappa shape index (κ1) is 18.5. The molecule has 0 bridgehead atoms. The molecule has 0 atom stereocenters. The number of carbonyl (C=O) groups excluding carboxylic acids is 1. The summed E-state index contributed by atoms with van der Waals surface area (Å²) in [5, 5.41) is 22.1. The number of nitrogens with zero attached hydrogens (tertiary/aromatic N) is 1. The van der Waals surface area contributed by atoms with Crippen molar-refractivity contribution >= 4 is 56.2 Å². The topological polar surface area (TPSA) is 73.1 Å². The summed E-state index contributed by atoms with van der Waals surface area (Å²) in [7, 11) is 0. The molecule has 0 aromatic heterocycles. The molecular weight excluding hydrogens is 483 g/mol. The van der Waals surface area contributed by atoms with E-state index in [4.69, 9.17) is 0 Å². The van der Waals surface area contributed by atoms with Crippen LogP contribution in [-0.2, 0) is 4.79 Å². The number of amides is 1. The number of aromatic hydroxyl groups is 1. The first-order chi connectivity index (χ1) is 11.3. The second-order valence-corrected chi connectivity index (χ2v) is 7.35. The Morgan fingerprint density at radius 2 is 2.04 bits per heavy atom. The summed E-state index contributed by atoms with van der Waals surface area (Å²) < 4.78 is 1.38. The highest BCUT2D eigenvalue weighted by molar-refractivity contribution is 14.1. The number of rotatable bonds is 3. The van der Waals surface area contributed by atoms with Gasteiger partial charge in [0.05, 0.1) is 3.57 Å². The van der Waals surface area contributed by atoms with E-state index < -0.39 is 5.91 Å². The number of phenols is 1. The zero-order chi connectivity index (χ0) is 17.9. The SMILES string of the molecule is Cc1ccc(NC(=O)/C(C#N)=C/c2cc(Br)cc(I)c2O)c(C)c1. The van der Waals surface area contributed by atoms with Crippen LogP contribution in [-0.4, -0.2) is 11.0 Å². The van der Waals surface area contributed by atoms with Crippen molar-refractivity contribution in [1.82, 2.24) is 0 Å². The predicted octanol–water partition coefficient (Wildman–Crippen LogP) is 4.92. The number of halogens is 2. The Hall–Kier alpha value is -1.85. The van der Waals surface area contributed by atoms with Crippen molar-refractivity contribution in [1.29, 1.82) is 5.26 Å². The average Bonchev–Trinajstić information content (AvgIpc) is 2.51. The zero-order valence-electron chi connectivity index (χ0n) is 13.0. The Kier molecular flexibility index (Phi) is 6.02. The Labute approximate surface area is 162 Å². The number of nitrogens with one attached hydrogen (secondary N) is 1. The number of nitriles is 1. The molecule has 122 valence electrons. The van der Waals surface area contributed by atoms with Crippen molar-refractivity contribution in [3.8, 4) is 11.8 Å². The van der Waals surface area contributed by atoms with E-state index in [1.165, 1.54) is 6.08 Å². The fourth-order valence-electron chi connectivity index (χ4n) is 2.14. The summed E-state index contributed by atoms with van der Waals surface area (Å²) in [5.41, 5.74) is 2.98. The molecule has 0 aliphatic rings. The number of aryl methyl sites for hydroxylation is 2. The van der Waals surface area contributed by atoms with Gasteiger partial charge >= 0.3 is 0 Å². The van der Waals surface area contributed by atoms with E-state index in [1.807, 2.05) is 54.6 Å². The quantitative estimate of drug-likeness (QED) is 0.360. The Morgan fingerprint density at radius 3 is 2.67 bits per heavy atom. The molecule has 0 aliphatic carbocycles. The van der Waals surface area contributed by atoms with Gasteiger partial charge in [0.15, 0.2) is 0 Å². The molecule has 2 aromatic rings. The van der Waals surface area contributed by atoms with Gasteiger partial charge in [0, 0.05) is 15.7 Å². The first-order valence-corrected chi connectivity index (χ1v) is 8.87. The van der Waals surface area contributed by atoms with Gasteiger partial charge in [0.2, 0.25) is 0 Å². The lowest BCUT2D eigenvalue weighted by molar-refractivity contribution is -0.112. The van der Waals surface area contributed by atoms with Gasteiger partial charge in [-0.05, 0) is 66.3 Å². The van der Waals surface area contributed by atoms with Crippen LogP contribution in [0.5, 0.6) is 5.75 Å². The van der Waals surface area contributed by atoms with Crippen molar-refractivity contribution in [3.05, 3.63) is 60.6 Å². The van der Waals surface area contributed by atoms with Crippen molar-refractivity contribution in [3.63, 3.8) is 0 Å². The fraction of sp³-hybridized carbons (Fsp3) is 0.111. The van der Waals surface area contributed by atoms with Crippen molar-refractivity contribution in [2.45, 2.75) is 13.8 Å². The van der Waals surface area contributed by atoms with Crippen LogP contribution in [0, 0.1) is 28.7 Å². The molecule has 0 radical (unpaired) electrons. The van der Waals surface area contributed by atoms with Crippen LogP contribution < -0.4 is 5.32 Å². The summed E-state index contributed by atoms with van der Waals surface area (Å²) in [6.07, 6.45) is 1.38. The normalized spacial score (nSPS) is 11.0. The van der Waals surface area contributed by atoms with E-state index in [-0.39, 0.29) is 11.3 Å². The van der Waals surface area contributed by atoms with Gasteiger partial charge in [-0.1, -0.05) is 33.6 Å². The lowest BCUT2D eigenvalue weighted by Crippen LogP contribution is -2.14. The number of phenolic OH excluding ortho intramolecular Hbond substituents is 1. The second-order valence-electron chi connectivity index (χ2n) is 5.27. The molecule has 2 rings (SSSR count). The van der Waals surface area contributed by atoms with Gasteiger partial charge in [0.1, 0.15) is 17.4 Å². The van der Waals surface area contributed by atoms with Crippen LogP contribution >= 0.6 is 38.5 Å². The second kappa shape index (κ2) is 7.81. The summed E-state index contributed by atoms with van der Waals surface area (Å²) in [6, 6.07) is 10.9. The lowest BCUT2D eigenvalue weighted by atomic mass is 10.1. The lowest BCUT2D eigenvalue weighted by Gasteiger charge is -2.09. The van der Waals surface area contributed by atoms with Crippen LogP contribution in [0.1, 0.15) is 16.7 Å². The molecule has 0 saturated carbocycles. The van der Waals surface area contributed by atoms with Crippen LogP contribution in [0.3, 0.4) is 0 Å². The number of hydrogen-bond acceptors (Lipinski definition) is 3. The number of anilines is 1. The minimum Gasteiger partial charge on any atom is -0.506 e. The summed E-state index contributed by atoms with van der Waals surface area (Å²) >= 11 is 5.32. The summed E-state index contributed by atoms with van der Waals surface area (Å²) in [4.78, 5) is 12.4. The minimum atomic E-state index is -0.515. The maximum Gasteiger partial charge on any atom is 0.266 e. The number of benzene rings is 2. The van der Waals surface area contributed by atoms with Crippen LogP contribution in [0.15, 0.2) is 40.4 Å². The highest BCUT2D eigenvalue weighted by Gasteiger charge is 2.13. The molecule has 0 fully saturated rings. The largest absolute Gasteiger partial charge is 0.506 e. The third kappa shape index (κ3) is 4.36. The molecule has 0 heterocycles. The van der Waals surface area contributed by atoms with Gasteiger partial charge in [-0.3, -0.25) is 4.79 Å². The van der Waals surface area contributed by atoms with E-state index in [2.05, 4.69) is 21.2 Å². The highest BCUT2D eigenvalue weighted by atomic mass is 127. The third-order valence-corrected chi connectivity index (χ3v) is 4.63. The van der Waals surface area contributed by atoms with E-state index in [0.717, 1.165) is 15.6 Å². The molecule has 0 saturated heterocycles. The van der Waals surface area contributed by atoms with Gasteiger partial charge in [0.25, 0.3) is 5.91 Å². The Morgan fingerprint density at radius 1 is 1.33 bits per heavy atom. The third-order valence-electron chi connectivity index (χ3n) is 3.35. The molecular formula is C18H14BrIN2O2. The molecule has 6 heteroatoms. The van der Waals surface area contributed by atoms with Crippen molar-refractivity contribution in [2.75, 3.05) is 5.32 Å². The zero-order valence-corrected chi connectivity index (χ0v) is 16.8. The highest BCUT2D eigenvalue weighted by Crippen LogP contribution is 2.30. The molecule has 0 spiro atoms. The molecule has 0 unspecified atom stereocenters. The molecule has 2 N–H and O–H groups in total. The Balaban J connectivity index is 2.34. The fourth-order valence-corrected chi connectivity index (χ4v) is 3.69. The standard InChI is InChI=1S/C18H14BrIN2O2/c1-10-3-4-16(11(2)5-10)22-18(24)13(9-21)6-12-7-14(19)8-15(20)17(12)23/h3-8,23H,1-2H3,(H,22,24)/b13-6+. The molecule has 2 aromatic carbocycles. The summed E-state index contributed by atoms with van der Waals surface area (Å²) in [6.45, 7) is 3.86. The number of hydrogen-bond donors (Lipinski definition) is 2. The molecule has 4 nitrogen and oxygen atoms in total. The van der Waals surface area contributed by atoms with Crippen molar-refractivity contribution < 1.29 is 9.90 Å². The van der Waals surface area contributed by atoms with Crippen LogP contribution in [0.2, 0.25) is 0 Å². The summed E-state index contributed by atoms with van der Waals surface area (Å²) in [5.74, 6) is -0.482. The predicted molar refractivity (Wildman–Crippen MR) is 107 cm³/mol. The molecule has 24 heavy (non-hydrogen) atoms. The van der Waals surface area contributed by atoms with Gasteiger partial charge in [-0.2, -0.15) is 5.26 Å². The van der Waals surface area contributed by atoms with E-state index in [0.29, 0.717) is 14.8 Å². The first-order valence-electron chi connectivity index (χ1n) is 7.00. The van der Waals surface area contributed by atoms with Crippen molar-refractivity contribution in [2.24, 2.45) is 0 Å². The van der Waals surface area contributed by atoms with Crippen LogP contribution in [0.25, 0.3) is 6.08 Å². The Bertz CT molecular complexity index is 885. The van der Waals surface area contributed by atoms with E-state index in [1.54, 1.807) is 18.2 Å². The molecule has 0 aliphatic heterocycles. The smallest absolute Gasteiger partial charge is 0.266 e. The maximum absolute atomic E-state index is 12.4. The minimum absolute atomic E-state index is 0.0332. The van der Waals surface area contributed by atoms with Gasteiger partial charge in [-0.15, -0.1) is 0 Å². The average molecular weight is 497 g/mol. The van der Waals surface area contributed by atoms with Crippen LogP contribution in [0.4, 0.5) is 5.69 Å². The monoisotopic (exact) mass is 496 g/mol. The van der Waals surface area contributed by atoms with E-state index in [9.17, 15) is 15.2 Å². The van der Waals surface area contributed by atoms with E-state index >= 15 is 0 Å². The number of carbonyl (C=O) groups is 1.